The molecule has 21 heavy (non-hydrogen) atoms. The molecule has 114 valence electrons. The SMILES string of the molecule is CC(C)(C)OC(=O)N1CC=C(c2ncc(Cl)cc2O)CC1. The summed E-state index contributed by atoms with van der Waals surface area (Å²) in [6, 6.07) is 1.46. The number of ether oxygens (including phenoxy) is 1. The summed E-state index contributed by atoms with van der Waals surface area (Å²) in [7, 11) is 0. The third kappa shape index (κ3) is 4.11. The van der Waals surface area contributed by atoms with E-state index in [2.05, 4.69) is 4.98 Å². The Labute approximate surface area is 129 Å². The number of aromatic nitrogens is 1. The van der Waals surface area contributed by atoms with Gasteiger partial charge in [0.25, 0.3) is 0 Å². The number of carbonyl (C=O) groups is 1. The summed E-state index contributed by atoms with van der Waals surface area (Å²) in [4.78, 5) is 17.7. The van der Waals surface area contributed by atoms with Gasteiger partial charge in [-0.25, -0.2) is 4.79 Å². The smallest absolute Gasteiger partial charge is 0.410 e. The molecule has 0 bridgehead atoms. The quantitative estimate of drug-likeness (QED) is 0.862. The van der Waals surface area contributed by atoms with E-state index >= 15 is 0 Å². The van der Waals surface area contributed by atoms with Crippen LogP contribution in [-0.4, -0.2) is 39.8 Å². The molecule has 0 saturated heterocycles. The Hall–Kier alpha value is -1.75. The lowest BCUT2D eigenvalue weighted by atomic mass is 10.0. The first-order valence-corrected chi connectivity index (χ1v) is 7.16. The van der Waals surface area contributed by atoms with Crippen LogP contribution in [0.3, 0.4) is 0 Å². The second-order valence-electron chi connectivity index (χ2n) is 5.93. The summed E-state index contributed by atoms with van der Waals surface area (Å²) in [5.74, 6) is 0.0551. The lowest BCUT2D eigenvalue weighted by Crippen LogP contribution is -2.39. The van der Waals surface area contributed by atoms with Crippen molar-refractivity contribution >= 4 is 23.3 Å². The van der Waals surface area contributed by atoms with Crippen LogP contribution in [0.4, 0.5) is 4.79 Å². The molecule has 1 aromatic rings. The molecule has 1 aliphatic heterocycles. The van der Waals surface area contributed by atoms with Crippen molar-refractivity contribution < 1.29 is 14.6 Å². The van der Waals surface area contributed by atoms with E-state index in [9.17, 15) is 9.90 Å². The minimum absolute atomic E-state index is 0.0551. The molecule has 0 spiro atoms. The van der Waals surface area contributed by atoms with Gasteiger partial charge in [0.1, 0.15) is 17.0 Å². The molecule has 1 N–H and O–H groups in total. The average Bonchev–Trinajstić information content (AvgIpc) is 2.37. The minimum Gasteiger partial charge on any atom is -0.506 e. The lowest BCUT2D eigenvalue weighted by molar-refractivity contribution is 0.0270. The molecule has 2 heterocycles. The Morgan fingerprint density at radius 1 is 1.48 bits per heavy atom. The highest BCUT2D eigenvalue weighted by Crippen LogP contribution is 2.29. The summed E-state index contributed by atoms with van der Waals surface area (Å²) in [5.41, 5.74) is 0.920. The van der Waals surface area contributed by atoms with Crippen molar-refractivity contribution in [2.24, 2.45) is 0 Å². The third-order valence-electron chi connectivity index (χ3n) is 3.00. The van der Waals surface area contributed by atoms with Gasteiger partial charge in [-0.3, -0.25) is 4.98 Å². The lowest BCUT2D eigenvalue weighted by Gasteiger charge is -2.29. The Morgan fingerprint density at radius 2 is 2.19 bits per heavy atom. The van der Waals surface area contributed by atoms with Crippen molar-refractivity contribution in [2.45, 2.75) is 32.8 Å². The molecular weight excluding hydrogens is 292 g/mol. The Morgan fingerprint density at radius 3 is 2.71 bits per heavy atom. The molecule has 0 unspecified atom stereocenters. The fraction of sp³-hybridized carbons (Fsp3) is 0.467. The number of pyridine rings is 1. The third-order valence-corrected chi connectivity index (χ3v) is 3.21. The summed E-state index contributed by atoms with van der Waals surface area (Å²) in [5, 5.41) is 10.3. The van der Waals surface area contributed by atoms with E-state index in [0.717, 1.165) is 5.57 Å². The number of hydrogen-bond donors (Lipinski definition) is 1. The van der Waals surface area contributed by atoms with E-state index in [4.69, 9.17) is 16.3 Å². The van der Waals surface area contributed by atoms with Crippen LogP contribution >= 0.6 is 11.6 Å². The van der Waals surface area contributed by atoms with E-state index in [-0.39, 0.29) is 11.8 Å². The summed E-state index contributed by atoms with van der Waals surface area (Å²) >= 11 is 5.77. The zero-order valence-corrected chi connectivity index (χ0v) is 13.1. The largest absolute Gasteiger partial charge is 0.506 e. The molecule has 1 aliphatic rings. The van der Waals surface area contributed by atoms with E-state index in [1.807, 2.05) is 26.8 Å². The van der Waals surface area contributed by atoms with Crippen LogP contribution in [0, 0.1) is 0 Å². The van der Waals surface area contributed by atoms with Gasteiger partial charge in [-0.1, -0.05) is 17.7 Å². The topological polar surface area (TPSA) is 62.7 Å². The molecule has 0 atom stereocenters. The zero-order valence-electron chi connectivity index (χ0n) is 12.4. The monoisotopic (exact) mass is 310 g/mol. The standard InChI is InChI=1S/C15H19ClN2O3/c1-15(2,3)21-14(20)18-6-4-10(5-7-18)13-12(19)8-11(16)9-17-13/h4,8-9,19H,5-7H2,1-3H3. The van der Waals surface area contributed by atoms with Crippen LogP contribution in [0.5, 0.6) is 5.75 Å². The van der Waals surface area contributed by atoms with E-state index in [1.165, 1.54) is 12.3 Å². The van der Waals surface area contributed by atoms with Gasteiger partial charge in [0.2, 0.25) is 0 Å². The molecule has 5 nitrogen and oxygen atoms in total. The number of nitrogens with zero attached hydrogens (tertiary/aromatic N) is 2. The molecule has 0 aromatic carbocycles. The van der Waals surface area contributed by atoms with Gasteiger partial charge in [0, 0.05) is 25.4 Å². The van der Waals surface area contributed by atoms with Gasteiger partial charge < -0.3 is 14.7 Å². The van der Waals surface area contributed by atoms with Crippen LogP contribution in [-0.2, 0) is 4.74 Å². The van der Waals surface area contributed by atoms with Crippen molar-refractivity contribution in [1.29, 1.82) is 0 Å². The van der Waals surface area contributed by atoms with Crippen molar-refractivity contribution in [2.75, 3.05) is 13.1 Å². The van der Waals surface area contributed by atoms with Crippen LogP contribution in [0.25, 0.3) is 5.57 Å². The first kappa shape index (κ1) is 15.6. The Bertz CT molecular complexity index is 579. The Balaban J connectivity index is 2.07. The molecular formula is C15H19ClN2O3. The first-order valence-electron chi connectivity index (χ1n) is 6.78. The van der Waals surface area contributed by atoms with Gasteiger partial charge in [0.05, 0.1) is 5.02 Å². The number of rotatable bonds is 1. The summed E-state index contributed by atoms with van der Waals surface area (Å²) < 4.78 is 5.33. The van der Waals surface area contributed by atoms with Crippen LogP contribution in [0.2, 0.25) is 5.02 Å². The number of amides is 1. The van der Waals surface area contributed by atoms with Crippen LogP contribution in [0.15, 0.2) is 18.3 Å². The van der Waals surface area contributed by atoms with Gasteiger partial charge >= 0.3 is 6.09 Å². The number of hydrogen-bond acceptors (Lipinski definition) is 4. The van der Waals surface area contributed by atoms with Crippen molar-refractivity contribution in [1.82, 2.24) is 9.88 Å². The van der Waals surface area contributed by atoms with Crippen LogP contribution < -0.4 is 0 Å². The summed E-state index contributed by atoms with van der Waals surface area (Å²) in [6.45, 7) is 6.49. The van der Waals surface area contributed by atoms with E-state index in [1.54, 1.807) is 4.90 Å². The molecule has 0 radical (unpaired) electrons. The minimum atomic E-state index is -0.503. The summed E-state index contributed by atoms with van der Waals surface area (Å²) in [6.07, 6.45) is 3.66. The molecule has 0 saturated carbocycles. The highest BCUT2D eigenvalue weighted by molar-refractivity contribution is 6.30. The predicted molar refractivity (Wildman–Crippen MR) is 81.3 cm³/mol. The molecule has 1 amide bonds. The number of aromatic hydroxyl groups is 1. The molecule has 1 aromatic heterocycles. The van der Waals surface area contributed by atoms with Gasteiger partial charge in [-0.2, -0.15) is 0 Å². The van der Waals surface area contributed by atoms with Gasteiger partial charge in [-0.15, -0.1) is 0 Å². The second kappa shape index (κ2) is 5.93. The number of carbonyl (C=O) groups excluding carboxylic acids is 1. The predicted octanol–water partition coefficient (Wildman–Crippen LogP) is 3.46. The molecule has 0 aliphatic carbocycles. The maximum Gasteiger partial charge on any atom is 0.410 e. The first-order chi connectivity index (χ1) is 9.76. The maximum absolute atomic E-state index is 12.0. The average molecular weight is 311 g/mol. The van der Waals surface area contributed by atoms with Crippen LogP contribution in [0.1, 0.15) is 32.9 Å². The van der Waals surface area contributed by atoms with E-state index in [0.29, 0.717) is 30.2 Å². The van der Waals surface area contributed by atoms with Crippen molar-refractivity contribution in [3.63, 3.8) is 0 Å². The fourth-order valence-corrected chi connectivity index (χ4v) is 2.20. The van der Waals surface area contributed by atoms with Gasteiger partial charge in [0.15, 0.2) is 0 Å². The van der Waals surface area contributed by atoms with E-state index < -0.39 is 5.60 Å². The molecule has 0 fully saturated rings. The molecule has 2 rings (SSSR count). The van der Waals surface area contributed by atoms with Crippen molar-refractivity contribution in [3.8, 4) is 5.75 Å². The highest BCUT2D eigenvalue weighted by Gasteiger charge is 2.24. The number of halogens is 1. The van der Waals surface area contributed by atoms with Gasteiger partial charge in [-0.05, 0) is 32.8 Å². The zero-order chi connectivity index (χ0) is 15.6. The Kier molecular flexibility index (Phi) is 4.42. The fourth-order valence-electron chi connectivity index (χ4n) is 2.05. The highest BCUT2D eigenvalue weighted by atomic mass is 35.5. The maximum atomic E-state index is 12.0. The van der Waals surface area contributed by atoms with Crippen molar-refractivity contribution in [3.05, 3.63) is 29.1 Å². The second-order valence-corrected chi connectivity index (χ2v) is 6.36. The normalized spacial score (nSPS) is 15.6. The molecule has 6 heteroatoms.